The molecule has 8 nitrogen and oxygen atoms in total. The van der Waals surface area contributed by atoms with Crippen molar-refractivity contribution in [3.8, 4) is 0 Å². The summed E-state index contributed by atoms with van der Waals surface area (Å²) in [4.78, 5) is 44.9. The number of unbranched alkanes of at least 4 members (excludes halogenated alkanes) is 1. The van der Waals surface area contributed by atoms with Crippen LogP contribution in [0.1, 0.15) is 66.6 Å². The summed E-state index contributed by atoms with van der Waals surface area (Å²) < 4.78 is 14.7. The number of hydrogen-bond donors (Lipinski definition) is 2. The van der Waals surface area contributed by atoms with E-state index < -0.39 is 11.4 Å². The molecule has 3 rings (SSSR count). The highest BCUT2D eigenvalue weighted by Crippen LogP contribution is 2.29. The van der Waals surface area contributed by atoms with Crippen LogP contribution >= 0.6 is 0 Å². The molecule has 0 bridgehead atoms. The summed E-state index contributed by atoms with van der Waals surface area (Å²) in [6.07, 6.45) is 3.87. The van der Waals surface area contributed by atoms with Crippen molar-refractivity contribution in [3.05, 3.63) is 53.4 Å². The summed E-state index contributed by atoms with van der Waals surface area (Å²) in [5, 5.41) is 5.66. The lowest BCUT2D eigenvalue weighted by molar-refractivity contribution is -0.133. The molecule has 0 fully saturated rings. The SMILES string of the molecule is CCCCNC(=O)c1ncn2c1C(=O)N(CCC)C(C)(C(=O)NCc1ccc(F)cc1)C2. The molecule has 0 radical (unpaired) electrons. The van der Waals surface area contributed by atoms with Gasteiger partial charge in [0.15, 0.2) is 5.69 Å². The van der Waals surface area contributed by atoms with Crippen molar-refractivity contribution >= 4 is 17.7 Å². The molecule has 0 spiro atoms. The van der Waals surface area contributed by atoms with E-state index in [2.05, 4.69) is 15.6 Å². The smallest absolute Gasteiger partial charge is 0.273 e. The summed E-state index contributed by atoms with van der Waals surface area (Å²) in [5.74, 6) is -1.45. The molecule has 1 unspecified atom stereocenters. The van der Waals surface area contributed by atoms with Gasteiger partial charge < -0.3 is 20.1 Å². The molecule has 32 heavy (non-hydrogen) atoms. The van der Waals surface area contributed by atoms with E-state index in [4.69, 9.17) is 0 Å². The number of imidazole rings is 1. The van der Waals surface area contributed by atoms with Crippen LogP contribution < -0.4 is 10.6 Å². The van der Waals surface area contributed by atoms with Crippen LogP contribution in [0.4, 0.5) is 4.39 Å². The van der Waals surface area contributed by atoms with E-state index >= 15 is 0 Å². The van der Waals surface area contributed by atoms with Crippen molar-refractivity contribution in [1.29, 1.82) is 0 Å². The second-order valence-electron chi connectivity index (χ2n) is 8.22. The minimum atomic E-state index is -1.16. The van der Waals surface area contributed by atoms with Gasteiger partial charge >= 0.3 is 0 Å². The number of amides is 3. The zero-order valence-electron chi connectivity index (χ0n) is 18.8. The molecule has 2 N–H and O–H groups in total. The molecule has 0 saturated heterocycles. The molecular weight excluding hydrogens is 413 g/mol. The summed E-state index contributed by atoms with van der Waals surface area (Å²) in [5.41, 5.74) is -0.115. The predicted octanol–water partition coefficient (Wildman–Crippen LogP) is 2.49. The number of halogens is 1. The van der Waals surface area contributed by atoms with Crippen LogP contribution in [0.2, 0.25) is 0 Å². The topological polar surface area (TPSA) is 96.3 Å². The maximum Gasteiger partial charge on any atom is 0.273 e. The molecule has 3 amide bonds. The molecule has 1 aromatic carbocycles. The van der Waals surface area contributed by atoms with E-state index in [1.165, 1.54) is 23.4 Å². The van der Waals surface area contributed by atoms with Crippen molar-refractivity contribution < 1.29 is 18.8 Å². The van der Waals surface area contributed by atoms with Crippen LogP contribution in [0.25, 0.3) is 0 Å². The van der Waals surface area contributed by atoms with Crippen LogP contribution in [0.3, 0.4) is 0 Å². The number of nitrogens with one attached hydrogen (secondary N) is 2. The van der Waals surface area contributed by atoms with Gasteiger partial charge in [0.25, 0.3) is 11.8 Å². The minimum Gasteiger partial charge on any atom is -0.351 e. The average molecular weight is 444 g/mol. The van der Waals surface area contributed by atoms with Gasteiger partial charge in [-0.1, -0.05) is 32.4 Å². The van der Waals surface area contributed by atoms with E-state index in [-0.39, 0.29) is 42.1 Å². The van der Waals surface area contributed by atoms with Crippen LogP contribution in [-0.4, -0.2) is 50.8 Å². The fourth-order valence-corrected chi connectivity index (χ4v) is 3.87. The molecular formula is C23H30FN5O3. The third-order valence-electron chi connectivity index (χ3n) is 5.69. The highest BCUT2D eigenvalue weighted by atomic mass is 19.1. The second kappa shape index (κ2) is 9.93. The highest BCUT2D eigenvalue weighted by Gasteiger charge is 2.48. The van der Waals surface area contributed by atoms with Crippen LogP contribution in [0.15, 0.2) is 30.6 Å². The molecule has 1 aliphatic rings. The zero-order valence-corrected chi connectivity index (χ0v) is 18.8. The summed E-state index contributed by atoms with van der Waals surface area (Å²) in [6, 6.07) is 5.87. The Bertz CT molecular complexity index is 988. The zero-order chi connectivity index (χ0) is 23.3. The normalized spacial score (nSPS) is 17.8. The summed E-state index contributed by atoms with van der Waals surface area (Å²) in [7, 11) is 0. The van der Waals surface area contributed by atoms with Gasteiger partial charge in [-0.25, -0.2) is 9.37 Å². The Hall–Kier alpha value is -3.23. The molecule has 2 aromatic rings. The maximum atomic E-state index is 13.4. The first kappa shape index (κ1) is 23.4. The lowest BCUT2D eigenvalue weighted by Crippen LogP contribution is -2.64. The molecule has 172 valence electrons. The van der Waals surface area contributed by atoms with Crippen LogP contribution in [0.5, 0.6) is 0 Å². The van der Waals surface area contributed by atoms with Crippen molar-refractivity contribution in [1.82, 2.24) is 25.1 Å². The lowest BCUT2D eigenvalue weighted by Gasteiger charge is -2.43. The Balaban J connectivity index is 1.83. The first-order chi connectivity index (χ1) is 15.3. The van der Waals surface area contributed by atoms with E-state index in [0.29, 0.717) is 19.5 Å². The first-order valence-electron chi connectivity index (χ1n) is 11.0. The highest BCUT2D eigenvalue weighted by molar-refractivity contribution is 6.07. The Kier molecular flexibility index (Phi) is 7.27. The van der Waals surface area contributed by atoms with Gasteiger partial charge in [0, 0.05) is 19.6 Å². The van der Waals surface area contributed by atoms with Gasteiger partial charge in [-0.15, -0.1) is 0 Å². The van der Waals surface area contributed by atoms with Crippen molar-refractivity contribution in [3.63, 3.8) is 0 Å². The lowest BCUT2D eigenvalue weighted by atomic mass is 9.94. The van der Waals surface area contributed by atoms with Gasteiger partial charge in [0.05, 0.1) is 12.9 Å². The molecule has 0 saturated carbocycles. The number of hydrogen-bond acceptors (Lipinski definition) is 4. The van der Waals surface area contributed by atoms with E-state index in [0.717, 1.165) is 18.4 Å². The monoisotopic (exact) mass is 443 g/mol. The van der Waals surface area contributed by atoms with Crippen molar-refractivity contribution in [2.24, 2.45) is 0 Å². The Labute approximate surface area is 187 Å². The summed E-state index contributed by atoms with van der Waals surface area (Å²) >= 11 is 0. The predicted molar refractivity (Wildman–Crippen MR) is 117 cm³/mol. The van der Waals surface area contributed by atoms with E-state index in [9.17, 15) is 18.8 Å². The van der Waals surface area contributed by atoms with E-state index in [1.54, 1.807) is 23.6 Å². The molecule has 2 heterocycles. The number of carbonyl (C=O) groups excluding carboxylic acids is 3. The molecule has 1 aliphatic heterocycles. The van der Waals surface area contributed by atoms with Crippen molar-refractivity contribution in [2.45, 2.75) is 58.7 Å². The number of carbonyl (C=O) groups is 3. The number of aromatic nitrogens is 2. The number of fused-ring (bicyclic) bond motifs is 1. The number of rotatable bonds is 9. The maximum absolute atomic E-state index is 13.4. The Morgan fingerprint density at radius 1 is 1.16 bits per heavy atom. The van der Waals surface area contributed by atoms with Gasteiger partial charge in [-0.05, 0) is 37.5 Å². The molecule has 1 atom stereocenters. The van der Waals surface area contributed by atoms with E-state index in [1.807, 2.05) is 13.8 Å². The third-order valence-corrected chi connectivity index (χ3v) is 5.69. The summed E-state index contributed by atoms with van der Waals surface area (Å²) in [6.45, 7) is 6.93. The average Bonchev–Trinajstić information content (AvgIpc) is 3.20. The first-order valence-corrected chi connectivity index (χ1v) is 11.0. The standard InChI is InChI=1S/C23H30FN5O3/c1-4-6-11-25-20(30)18-19-21(31)29(12-5-2)23(3,14-28(19)15-27-18)22(32)26-13-16-7-9-17(24)10-8-16/h7-10,15H,4-6,11-14H2,1-3H3,(H,25,30)(H,26,32). The number of nitrogens with zero attached hydrogens (tertiary/aromatic N) is 3. The van der Waals surface area contributed by atoms with Gasteiger partial charge in [0.1, 0.15) is 17.1 Å². The fraction of sp³-hybridized carbons (Fsp3) is 0.478. The molecule has 1 aromatic heterocycles. The molecule has 9 heteroatoms. The van der Waals surface area contributed by atoms with Crippen molar-refractivity contribution in [2.75, 3.05) is 13.1 Å². The fourth-order valence-electron chi connectivity index (χ4n) is 3.87. The Morgan fingerprint density at radius 3 is 2.53 bits per heavy atom. The Morgan fingerprint density at radius 2 is 1.88 bits per heavy atom. The third kappa shape index (κ3) is 4.66. The molecule has 0 aliphatic carbocycles. The largest absolute Gasteiger partial charge is 0.351 e. The quantitative estimate of drug-likeness (QED) is 0.582. The van der Waals surface area contributed by atoms with Gasteiger partial charge in [-0.2, -0.15) is 0 Å². The number of benzene rings is 1. The second-order valence-corrected chi connectivity index (χ2v) is 8.22. The minimum absolute atomic E-state index is 0.0842. The van der Waals surface area contributed by atoms with Crippen LogP contribution in [-0.2, 0) is 17.9 Å². The van der Waals surface area contributed by atoms with Crippen LogP contribution in [0, 0.1) is 5.82 Å². The van der Waals surface area contributed by atoms with Gasteiger partial charge in [-0.3, -0.25) is 14.4 Å². The van der Waals surface area contributed by atoms with Gasteiger partial charge in [0.2, 0.25) is 5.91 Å².